The van der Waals surface area contributed by atoms with Crippen LogP contribution < -0.4 is 20.1 Å². The number of ether oxygens (including phenoxy) is 2. The largest absolute Gasteiger partial charge is 0.492 e. The Labute approximate surface area is 225 Å². The molecule has 6 rings (SSSR count). The van der Waals surface area contributed by atoms with Crippen molar-refractivity contribution in [1.82, 2.24) is 20.2 Å². The molecule has 9 nitrogen and oxygen atoms in total. The first-order chi connectivity index (χ1) is 19.0. The molecule has 1 saturated heterocycles. The van der Waals surface area contributed by atoms with Gasteiger partial charge >= 0.3 is 0 Å². The maximum absolute atomic E-state index is 14.6. The van der Waals surface area contributed by atoms with Crippen molar-refractivity contribution in [2.45, 2.75) is 25.2 Å². The number of piperidine rings is 1. The topological polar surface area (TPSA) is 109 Å². The molecule has 202 valence electrons. The lowest BCUT2D eigenvalue weighted by Crippen LogP contribution is -2.40. The van der Waals surface area contributed by atoms with Crippen LogP contribution in [0.4, 0.5) is 15.8 Å². The molecule has 0 saturated carbocycles. The molecule has 39 heavy (non-hydrogen) atoms. The lowest BCUT2D eigenvalue weighted by molar-refractivity contribution is -0.128. The number of halogens is 1. The molecule has 2 unspecified atom stereocenters. The minimum Gasteiger partial charge on any atom is -0.492 e. The highest BCUT2D eigenvalue weighted by Crippen LogP contribution is 2.44. The number of para-hydroxylation sites is 1. The van der Waals surface area contributed by atoms with E-state index in [0.29, 0.717) is 54.5 Å². The van der Waals surface area contributed by atoms with Gasteiger partial charge in [0.05, 0.1) is 42.5 Å². The van der Waals surface area contributed by atoms with Crippen molar-refractivity contribution in [2.75, 3.05) is 38.7 Å². The van der Waals surface area contributed by atoms with E-state index in [4.69, 9.17) is 9.47 Å². The number of anilines is 2. The van der Waals surface area contributed by atoms with Crippen molar-refractivity contribution >= 4 is 23.2 Å². The number of aromatic nitrogens is 2. The van der Waals surface area contributed by atoms with Crippen LogP contribution in [0.15, 0.2) is 48.8 Å². The highest BCUT2D eigenvalue weighted by molar-refractivity contribution is 6.07. The molecule has 10 heteroatoms. The summed E-state index contributed by atoms with van der Waals surface area (Å²) < 4.78 is 26.2. The van der Waals surface area contributed by atoms with Crippen LogP contribution in [-0.4, -0.2) is 60.0 Å². The molecule has 1 fully saturated rings. The van der Waals surface area contributed by atoms with Gasteiger partial charge in [-0.1, -0.05) is 12.1 Å². The number of amides is 2. The van der Waals surface area contributed by atoms with E-state index in [1.165, 1.54) is 13.2 Å². The number of carbonyl (C=O) groups is 2. The molecule has 0 spiro atoms. The van der Waals surface area contributed by atoms with E-state index in [-0.39, 0.29) is 29.4 Å². The third kappa shape index (κ3) is 4.71. The van der Waals surface area contributed by atoms with Crippen LogP contribution in [0.5, 0.6) is 11.5 Å². The van der Waals surface area contributed by atoms with E-state index in [2.05, 4.69) is 20.6 Å². The zero-order valence-electron chi connectivity index (χ0n) is 21.6. The minimum absolute atomic E-state index is 0.00978. The molecule has 3 aromatic rings. The molecule has 2 atom stereocenters. The summed E-state index contributed by atoms with van der Waals surface area (Å²) in [7, 11) is 1.40. The Morgan fingerprint density at radius 2 is 2.15 bits per heavy atom. The van der Waals surface area contributed by atoms with Gasteiger partial charge in [0.15, 0.2) is 11.6 Å². The maximum Gasteiger partial charge on any atom is 0.255 e. The van der Waals surface area contributed by atoms with Gasteiger partial charge in [-0.15, -0.1) is 0 Å². The molecule has 3 N–H and O–H groups in total. The third-order valence-electron chi connectivity index (χ3n) is 7.64. The minimum atomic E-state index is -0.519. The van der Waals surface area contributed by atoms with Crippen molar-refractivity contribution in [2.24, 2.45) is 5.92 Å². The quantitative estimate of drug-likeness (QED) is 0.463. The number of carbonyl (C=O) groups excluding carboxylic acids is 2. The van der Waals surface area contributed by atoms with Crippen LogP contribution in [0, 0.1) is 11.7 Å². The Bertz CT molecular complexity index is 1450. The van der Waals surface area contributed by atoms with Gasteiger partial charge in [0, 0.05) is 48.9 Å². The highest BCUT2D eigenvalue weighted by atomic mass is 19.1. The molecular formula is C29H30FN5O4. The Morgan fingerprint density at radius 1 is 1.26 bits per heavy atom. The van der Waals surface area contributed by atoms with Gasteiger partial charge in [-0.2, -0.15) is 0 Å². The van der Waals surface area contributed by atoms with Gasteiger partial charge in [-0.05, 0) is 43.5 Å². The summed E-state index contributed by atoms with van der Waals surface area (Å²) >= 11 is 0. The second-order valence-corrected chi connectivity index (χ2v) is 10.1. The number of nitrogens with zero attached hydrogens (tertiary/aromatic N) is 2. The van der Waals surface area contributed by atoms with Gasteiger partial charge in [-0.3, -0.25) is 14.6 Å². The molecule has 2 amide bonds. The standard InChI is InChI=1S/C29H30FN5O4/c1-38-28-20(30)7-3-8-21(28)33-27-24-25-18(13-32-29(24)37)6-2-9-23(36)35-12-4-5-17(15-35)16-39-22-14-31-11-10-19(22)26(27)34-25/h2-3,7-11,14,17-18,33-34H,4-6,12-13,15-16H2,1H3,(H,32,37)/b9-2-. The fraction of sp³-hybridized carbons (Fsp3) is 0.345. The molecule has 3 aliphatic heterocycles. The first kappa shape index (κ1) is 25.0. The molecule has 1 aromatic carbocycles. The average Bonchev–Trinajstić information content (AvgIpc) is 3.33. The first-order valence-electron chi connectivity index (χ1n) is 13.2. The lowest BCUT2D eigenvalue weighted by Gasteiger charge is -2.32. The molecule has 2 aromatic heterocycles. The second-order valence-electron chi connectivity index (χ2n) is 10.1. The van der Waals surface area contributed by atoms with E-state index in [1.807, 2.05) is 17.0 Å². The summed E-state index contributed by atoms with van der Waals surface area (Å²) in [5.74, 6) is -0.0908. The number of pyridine rings is 1. The summed E-state index contributed by atoms with van der Waals surface area (Å²) in [4.78, 5) is 35.9. The number of rotatable bonds is 3. The number of allylic oxidation sites excluding steroid dienone is 1. The zero-order valence-corrected chi connectivity index (χ0v) is 21.6. The van der Waals surface area contributed by atoms with Crippen molar-refractivity contribution < 1.29 is 23.5 Å². The lowest BCUT2D eigenvalue weighted by atomic mass is 9.93. The summed E-state index contributed by atoms with van der Waals surface area (Å²) in [6, 6.07) is 6.43. The SMILES string of the molecule is COc1c(F)cccc1Nc1c2[nH]c3c1C(=O)NCC3C/C=C\C(=O)N1CCCC(COc3cnccc3-2)C1. The van der Waals surface area contributed by atoms with Crippen LogP contribution in [-0.2, 0) is 4.79 Å². The highest BCUT2D eigenvalue weighted by Gasteiger charge is 2.34. The molecule has 4 bridgehead atoms. The summed E-state index contributed by atoms with van der Waals surface area (Å²) in [5, 5.41) is 6.26. The molecular weight excluding hydrogens is 501 g/mol. The van der Waals surface area contributed by atoms with Crippen LogP contribution in [0.3, 0.4) is 0 Å². The van der Waals surface area contributed by atoms with Crippen molar-refractivity contribution in [3.8, 4) is 22.8 Å². The van der Waals surface area contributed by atoms with E-state index >= 15 is 0 Å². The van der Waals surface area contributed by atoms with Gasteiger partial charge < -0.3 is 30.0 Å². The average molecular weight is 532 g/mol. The van der Waals surface area contributed by atoms with Crippen LogP contribution in [0.2, 0.25) is 0 Å². The second kappa shape index (κ2) is 10.4. The number of aromatic amines is 1. The fourth-order valence-electron chi connectivity index (χ4n) is 5.69. The van der Waals surface area contributed by atoms with E-state index in [9.17, 15) is 14.0 Å². The van der Waals surface area contributed by atoms with Crippen LogP contribution in [0.25, 0.3) is 11.3 Å². The molecule has 5 heterocycles. The fourth-order valence-corrected chi connectivity index (χ4v) is 5.69. The number of fused-ring (bicyclic) bond motifs is 5. The van der Waals surface area contributed by atoms with E-state index in [1.54, 1.807) is 30.6 Å². The van der Waals surface area contributed by atoms with Crippen molar-refractivity contribution in [1.29, 1.82) is 0 Å². The number of H-pyrrole nitrogens is 1. The van der Waals surface area contributed by atoms with Gasteiger partial charge in [0.2, 0.25) is 5.91 Å². The van der Waals surface area contributed by atoms with Crippen molar-refractivity contribution in [3.05, 3.63) is 65.9 Å². The molecule has 0 radical (unpaired) electrons. The smallest absolute Gasteiger partial charge is 0.255 e. The number of benzene rings is 1. The Morgan fingerprint density at radius 3 is 3.03 bits per heavy atom. The Hall–Kier alpha value is -4.34. The summed E-state index contributed by atoms with van der Waals surface area (Å²) in [5.41, 5.74) is 3.39. The van der Waals surface area contributed by atoms with Gasteiger partial charge in [0.25, 0.3) is 5.91 Å². The maximum atomic E-state index is 14.6. The number of nitrogens with one attached hydrogen (secondary N) is 3. The monoisotopic (exact) mass is 531 g/mol. The van der Waals surface area contributed by atoms with Crippen LogP contribution >= 0.6 is 0 Å². The van der Waals surface area contributed by atoms with Gasteiger partial charge in [-0.25, -0.2) is 4.39 Å². The Kier molecular flexibility index (Phi) is 6.68. The van der Waals surface area contributed by atoms with Crippen molar-refractivity contribution in [3.63, 3.8) is 0 Å². The Balaban J connectivity index is 1.51. The third-order valence-corrected chi connectivity index (χ3v) is 7.64. The summed E-state index contributed by atoms with van der Waals surface area (Å²) in [6.45, 7) is 2.22. The predicted octanol–water partition coefficient (Wildman–Crippen LogP) is 4.37. The number of hydrogen-bond donors (Lipinski definition) is 3. The first-order valence-corrected chi connectivity index (χ1v) is 13.2. The normalized spacial score (nSPS) is 21.5. The number of hydrogen-bond acceptors (Lipinski definition) is 6. The van der Waals surface area contributed by atoms with Gasteiger partial charge in [0.1, 0.15) is 5.75 Å². The number of methoxy groups -OCH3 is 1. The van der Waals surface area contributed by atoms with Crippen LogP contribution in [0.1, 0.15) is 41.2 Å². The predicted molar refractivity (Wildman–Crippen MR) is 144 cm³/mol. The molecule has 3 aliphatic rings. The molecule has 0 aliphatic carbocycles. The summed E-state index contributed by atoms with van der Waals surface area (Å²) in [6.07, 6.45) is 9.30. The van der Waals surface area contributed by atoms with E-state index < -0.39 is 5.82 Å². The van der Waals surface area contributed by atoms with E-state index in [0.717, 1.165) is 30.6 Å². The zero-order chi connectivity index (χ0) is 26.9.